The number of furan rings is 1. The molecular formula is C17H10F2N2O4. The van der Waals surface area contributed by atoms with Crippen LogP contribution in [0.25, 0.3) is 11.5 Å². The maximum Gasteiger partial charge on any atom is 0.345 e. The molecule has 0 amide bonds. The molecule has 0 saturated heterocycles. The van der Waals surface area contributed by atoms with Crippen molar-refractivity contribution in [3.8, 4) is 11.5 Å². The molecule has 1 unspecified atom stereocenters. The number of carbonyl (C=O) groups is 1. The second-order valence-corrected chi connectivity index (χ2v) is 5.45. The summed E-state index contributed by atoms with van der Waals surface area (Å²) in [6, 6.07) is 6.58. The van der Waals surface area contributed by atoms with Gasteiger partial charge in [0.05, 0.1) is 12.0 Å². The van der Waals surface area contributed by atoms with Crippen molar-refractivity contribution < 1.29 is 22.7 Å². The molecule has 0 spiro atoms. The topological polar surface area (TPSA) is 85.2 Å². The zero-order chi connectivity index (χ0) is 17.6. The standard InChI is InChI=1S/C17H10F2N2O4/c18-9-3-1-4-10(19)8(9)7-12-15-13(16(22)25-12)14(20-17(23)21-15)11-5-2-6-24-11/h1-6,12H,7H2,(H,20,21,23). The number of fused-ring (bicyclic) bond motifs is 1. The molecule has 2 aromatic heterocycles. The number of hydrogen-bond acceptors (Lipinski definition) is 5. The maximum atomic E-state index is 13.9. The first kappa shape index (κ1) is 15.3. The Morgan fingerprint density at radius 1 is 1.12 bits per heavy atom. The number of nitrogens with zero attached hydrogens (tertiary/aromatic N) is 1. The summed E-state index contributed by atoms with van der Waals surface area (Å²) in [5.41, 5.74) is -0.770. The van der Waals surface area contributed by atoms with E-state index in [0.717, 1.165) is 12.1 Å². The van der Waals surface area contributed by atoms with Crippen molar-refractivity contribution >= 4 is 5.97 Å². The van der Waals surface area contributed by atoms with Gasteiger partial charge in [0.25, 0.3) is 0 Å². The predicted molar refractivity (Wildman–Crippen MR) is 80.8 cm³/mol. The predicted octanol–water partition coefficient (Wildman–Crippen LogP) is 2.76. The lowest BCUT2D eigenvalue weighted by molar-refractivity contribution is 0.0378. The fraction of sp³-hybridized carbons (Fsp3) is 0.118. The molecular weight excluding hydrogens is 334 g/mol. The van der Waals surface area contributed by atoms with Gasteiger partial charge in [-0.05, 0) is 24.3 Å². The summed E-state index contributed by atoms with van der Waals surface area (Å²) < 4.78 is 38.2. The minimum atomic E-state index is -1.03. The lowest BCUT2D eigenvalue weighted by Gasteiger charge is -2.11. The Balaban J connectivity index is 1.82. The fourth-order valence-corrected chi connectivity index (χ4v) is 2.83. The van der Waals surface area contributed by atoms with E-state index in [4.69, 9.17) is 9.15 Å². The fourth-order valence-electron chi connectivity index (χ4n) is 2.83. The number of halogens is 2. The van der Waals surface area contributed by atoms with Gasteiger partial charge >= 0.3 is 11.7 Å². The molecule has 0 saturated carbocycles. The number of esters is 1. The van der Waals surface area contributed by atoms with Crippen LogP contribution in [0.4, 0.5) is 8.78 Å². The molecule has 1 aromatic carbocycles. The Morgan fingerprint density at radius 3 is 2.56 bits per heavy atom. The summed E-state index contributed by atoms with van der Waals surface area (Å²) in [7, 11) is 0. The normalized spacial score (nSPS) is 15.9. The van der Waals surface area contributed by atoms with E-state index in [1.165, 1.54) is 12.3 Å². The number of rotatable bonds is 3. The van der Waals surface area contributed by atoms with Crippen molar-refractivity contribution in [3.63, 3.8) is 0 Å². The molecule has 1 N–H and O–H groups in total. The molecule has 0 radical (unpaired) electrons. The average Bonchev–Trinajstić information content (AvgIpc) is 3.19. The van der Waals surface area contributed by atoms with E-state index in [1.54, 1.807) is 12.1 Å². The lowest BCUT2D eigenvalue weighted by atomic mass is 10.0. The highest BCUT2D eigenvalue weighted by Crippen LogP contribution is 2.36. The van der Waals surface area contributed by atoms with E-state index in [9.17, 15) is 18.4 Å². The van der Waals surface area contributed by atoms with E-state index < -0.39 is 29.4 Å². The van der Waals surface area contributed by atoms with Gasteiger partial charge in [-0.15, -0.1) is 0 Å². The van der Waals surface area contributed by atoms with Crippen LogP contribution in [0, 0.1) is 11.6 Å². The summed E-state index contributed by atoms with van der Waals surface area (Å²) in [5.74, 6) is -2.04. The van der Waals surface area contributed by atoms with Gasteiger partial charge in [-0.1, -0.05) is 6.07 Å². The Kier molecular flexibility index (Phi) is 3.45. The van der Waals surface area contributed by atoms with Gasteiger partial charge in [0.1, 0.15) is 29.0 Å². The van der Waals surface area contributed by atoms with E-state index in [0.29, 0.717) is 0 Å². The number of hydrogen-bond donors (Lipinski definition) is 1. The summed E-state index contributed by atoms with van der Waals surface area (Å²) in [6.45, 7) is 0. The Hall–Kier alpha value is -3.29. The van der Waals surface area contributed by atoms with Crippen molar-refractivity contribution in [1.82, 2.24) is 9.97 Å². The Labute approximate surface area is 139 Å². The second-order valence-electron chi connectivity index (χ2n) is 5.45. The van der Waals surface area contributed by atoms with Gasteiger partial charge in [0, 0.05) is 12.0 Å². The van der Waals surface area contributed by atoms with Crippen LogP contribution in [0.3, 0.4) is 0 Å². The van der Waals surface area contributed by atoms with Crippen LogP contribution < -0.4 is 5.69 Å². The van der Waals surface area contributed by atoms with Gasteiger partial charge in [-0.2, -0.15) is 4.98 Å². The minimum Gasteiger partial charge on any atom is -0.463 e. The Bertz CT molecular complexity index is 1010. The van der Waals surface area contributed by atoms with E-state index in [2.05, 4.69) is 9.97 Å². The smallest absolute Gasteiger partial charge is 0.345 e. The van der Waals surface area contributed by atoms with E-state index in [1.807, 2.05) is 0 Å². The SMILES string of the molecule is O=C1OC(Cc2c(F)cccc2F)c2[nH]c(=O)nc(-c3ccco3)c21. The summed E-state index contributed by atoms with van der Waals surface area (Å²) in [5, 5.41) is 0. The van der Waals surface area contributed by atoms with Crippen LogP contribution in [0.15, 0.2) is 45.8 Å². The highest BCUT2D eigenvalue weighted by atomic mass is 19.1. The zero-order valence-electron chi connectivity index (χ0n) is 12.6. The van der Waals surface area contributed by atoms with Gasteiger partial charge in [-0.3, -0.25) is 0 Å². The number of ether oxygens (including phenoxy) is 1. The van der Waals surface area contributed by atoms with Crippen molar-refractivity contribution in [3.05, 3.63) is 75.5 Å². The summed E-state index contributed by atoms with van der Waals surface area (Å²) in [4.78, 5) is 30.3. The maximum absolute atomic E-state index is 13.9. The first-order chi connectivity index (χ1) is 12.0. The highest BCUT2D eigenvalue weighted by molar-refractivity contribution is 5.99. The molecule has 1 aliphatic heterocycles. The number of benzene rings is 1. The lowest BCUT2D eigenvalue weighted by Crippen LogP contribution is -2.17. The molecule has 4 rings (SSSR count). The molecule has 0 fully saturated rings. The zero-order valence-corrected chi connectivity index (χ0v) is 12.6. The van der Waals surface area contributed by atoms with E-state index in [-0.39, 0.29) is 34.7 Å². The number of carbonyl (C=O) groups excluding carboxylic acids is 1. The van der Waals surface area contributed by atoms with Crippen molar-refractivity contribution in [2.75, 3.05) is 0 Å². The average molecular weight is 344 g/mol. The third kappa shape index (κ3) is 2.51. The van der Waals surface area contributed by atoms with Gasteiger partial charge in [-0.25, -0.2) is 18.4 Å². The van der Waals surface area contributed by atoms with Crippen LogP contribution in [-0.4, -0.2) is 15.9 Å². The number of H-pyrrole nitrogens is 1. The largest absolute Gasteiger partial charge is 0.463 e. The van der Waals surface area contributed by atoms with Crippen LogP contribution in [-0.2, 0) is 11.2 Å². The summed E-state index contributed by atoms with van der Waals surface area (Å²) >= 11 is 0. The molecule has 3 aromatic rings. The molecule has 0 bridgehead atoms. The number of nitrogens with one attached hydrogen (secondary N) is 1. The first-order valence-corrected chi connectivity index (χ1v) is 7.36. The van der Waals surface area contributed by atoms with Crippen LogP contribution in [0.2, 0.25) is 0 Å². The molecule has 1 aliphatic rings. The molecule has 3 heterocycles. The molecule has 0 aliphatic carbocycles. The van der Waals surface area contributed by atoms with Gasteiger partial charge in [0.2, 0.25) is 0 Å². The van der Waals surface area contributed by atoms with Crippen LogP contribution >= 0.6 is 0 Å². The quantitative estimate of drug-likeness (QED) is 0.739. The highest BCUT2D eigenvalue weighted by Gasteiger charge is 2.37. The van der Waals surface area contributed by atoms with Crippen molar-refractivity contribution in [1.29, 1.82) is 0 Å². The number of aromatic nitrogens is 2. The minimum absolute atomic E-state index is 0.0243. The van der Waals surface area contributed by atoms with Crippen molar-refractivity contribution in [2.45, 2.75) is 12.5 Å². The molecule has 126 valence electrons. The second kappa shape index (κ2) is 5.66. The van der Waals surface area contributed by atoms with E-state index >= 15 is 0 Å². The third-order valence-electron chi connectivity index (χ3n) is 3.94. The number of aromatic amines is 1. The van der Waals surface area contributed by atoms with Crippen LogP contribution in [0.1, 0.15) is 27.7 Å². The van der Waals surface area contributed by atoms with Gasteiger partial charge in [0.15, 0.2) is 5.76 Å². The van der Waals surface area contributed by atoms with Crippen LogP contribution in [0.5, 0.6) is 0 Å². The number of cyclic esters (lactones) is 1. The van der Waals surface area contributed by atoms with Gasteiger partial charge < -0.3 is 14.1 Å². The third-order valence-corrected chi connectivity index (χ3v) is 3.94. The Morgan fingerprint density at radius 2 is 1.88 bits per heavy atom. The molecule has 8 heteroatoms. The molecule has 6 nitrogen and oxygen atoms in total. The van der Waals surface area contributed by atoms with Crippen molar-refractivity contribution in [2.24, 2.45) is 0 Å². The summed E-state index contributed by atoms with van der Waals surface area (Å²) in [6.07, 6.45) is 0.0876. The molecule has 1 atom stereocenters. The monoisotopic (exact) mass is 344 g/mol. The first-order valence-electron chi connectivity index (χ1n) is 7.36. The molecule has 25 heavy (non-hydrogen) atoms.